The number of phenols is 1. The summed E-state index contributed by atoms with van der Waals surface area (Å²) >= 11 is 0. The number of benzene rings is 2. The van der Waals surface area contributed by atoms with Crippen LogP contribution >= 0.6 is 0 Å². The van der Waals surface area contributed by atoms with Crippen LogP contribution in [0.3, 0.4) is 0 Å². The maximum atomic E-state index is 13.8. The molecule has 0 bridgehead atoms. The minimum Gasteiger partial charge on any atom is -0.508 e. The third-order valence-corrected chi connectivity index (χ3v) is 8.40. The number of aromatic hydroxyl groups is 1. The Kier molecular flexibility index (Phi) is 11.7. The van der Waals surface area contributed by atoms with Crippen LogP contribution in [0.5, 0.6) is 5.75 Å². The van der Waals surface area contributed by atoms with E-state index in [1.165, 1.54) is 36.8 Å². The second kappa shape index (κ2) is 16.5. The summed E-state index contributed by atoms with van der Waals surface area (Å²) in [6.45, 7) is -0.238. The van der Waals surface area contributed by atoms with Crippen molar-refractivity contribution in [1.82, 2.24) is 41.5 Å². The second-order valence-corrected chi connectivity index (χ2v) is 11.9. The summed E-state index contributed by atoms with van der Waals surface area (Å²) < 4.78 is 0. The van der Waals surface area contributed by atoms with Crippen LogP contribution < -0.4 is 26.6 Å². The number of fused-ring (bicyclic) bond motifs is 1. The predicted octanol–water partition coefficient (Wildman–Crippen LogP) is -0.853. The lowest BCUT2D eigenvalue weighted by molar-refractivity contribution is -0.134. The number of aldehydes is 1. The molecule has 4 aromatic rings. The van der Waals surface area contributed by atoms with Gasteiger partial charge in [0.25, 0.3) is 0 Å². The fraction of sp³-hybridized carbons (Fsp3) is 0.324. The van der Waals surface area contributed by atoms with Crippen molar-refractivity contribution in [3.05, 3.63) is 84.1 Å². The Bertz CT molecular complexity index is 1820. The number of para-hydroxylation sites is 1. The van der Waals surface area contributed by atoms with Crippen LogP contribution in [-0.4, -0.2) is 104 Å². The number of aliphatic hydroxyl groups is 1. The number of carbonyl (C=O) groups excluding carboxylic acids is 6. The van der Waals surface area contributed by atoms with Crippen molar-refractivity contribution in [3.8, 4) is 5.75 Å². The number of hydrogen-bond donors (Lipinski definition) is 9. The number of aliphatic hydroxyl groups excluding tert-OH is 1. The molecule has 1 fully saturated rings. The standard InChI is InChI=1S/C34H38N8O8/c43-16-28(30(46)19-7-9-22(45)10-8-19)41-34(50)29(17-44)42-32(48)26(12-20-14-37-24-5-2-1-4-23(20)24)39-33(49)27(13-21-15-35-18-38-21)40-31(47)25-6-3-11-36-25/h1-2,4-5,7-10,14-16,18,25-29,36-37,44-45H,3,6,11-13,17H2,(H,35,38)(H,39,49)(H,40,47)(H,41,50)(H,42,48)/t25-,26-,27-,28+,29-/m0/s1. The lowest BCUT2D eigenvalue weighted by atomic mass is 10.0. The number of H-pyrrole nitrogens is 2. The molecule has 16 heteroatoms. The molecule has 2 aromatic carbocycles. The molecule has 5 atom stereocenters. The number of carbonyl (C=O) groups is 6. The minimum absolute atomic E-state index is 0.0341. The quantitative estimate of drug-likeness (QED) is 0.0401. The number of imidazole rings is 1. The molecule has 3 heterocycles. The maximum Gasteiger partial charge on any atom is 0.245 e. The summed E-state index contributed by atoms with van der Waals surface area (Å²) in [5, 5.41) is 33.6. The zero-order valence-corrected chi connectivity index (χ0v) is 26.8. The van der Waals surface area contributed by atoms with Crippen LogP contribution in [0.25, 0.3) is 10.9 Å². The maximum absolute atomic E-state index is 13.8. The molecule has 0 aliphatic carbocycles. The van der Waals surface area contributed by atoms with E-state index in [-0.39, 0.29) is 36.3 Å². The van der Waals surface area contributed by atoms with Gasteiger partial charge in [-0.25, -0.2) is 4.98 Å². The van der Waals surface area contributed by atoms with Gasteiger partial charge in [-0.05, 0) is 55.3 Å². The highest BCUT2D eigenvalue weighted by Gasteiger charge is 2.33. The van der Waals surface area contributed by atoms with Crippen molar-refractivity contribution in [1.29, 1.82) is 0 Å². The zero-order chi connectivity index (χ0) is 35.6. The number of nitrogens with one attached hydrogen (secondary N) is 7. The molecule has 9 N–H and O–H groups in total. The average Bonchev–Trinajstić information content (AvgIpc) is 3.92. The van der Waals surface area contributed by atoms with Gasteiger partial charge < -0.3 is 51.6 Å². The molecular formula is C34H38N8O8. The van der Waals surface area contributed by atoms with Crippen molar-refractivity contribution in [2.24, 2.45) is 0 Å². The topological polar surface area (TPSA) is 247 Å². The van der Waals surface area contributed by atoms with Crippen LogP contribution in [0, 0.1) is 0 Å². The molecule has 1 saturated heterocycles. The molecule has 1 aliphatic rings. The van der Waals surface area contributed by atoms with Crippen LogP contribution in [0.4, 0.5) is 0 Å². The van der Waals surface area contributed by atoms with Crippen molar-refractivity contribution in [2.45, 2.75) is 55.9 Å². The molecule has 1 aliphatic heterocycles. The number of nitrogens with zero attached hydrogens (tertiary/aromatic N) is 1. The Morgan fingerprint density at radius 2 is 1.58 bits per heavy atom. The Hall–Kier alpha value is -5.87. The first-order chi connectivity index (χ1) is 24.2. The predicted molar refractivity (Wildman–Crippen MR) is 179 cm³/mol. The highest BCUT2D eigenvalue weighted by atomic mass is 16.3. The molecule has 0 spiro atoms. The van der Waals surface area contributed by atoms with Gasteiger partial charge in [0.2, 0.25) is 23.6 Å². The molecule has 262 valence electrons. The summed E-state index contributed by atoms with van der Waals surface area (Å²) in [6, 6.07) is 6.19. The summed E-state index contributed by atoms with van der Waals surface area (Å²) in [6.07, 6.45) is 6.24. The average molecular weight is 687 g/mol. The van der Waals surface area contributed by atoms with E-state index in [1.807, 2.05) is 24.3 Å². The van der Waals surface area contributed by atoms with E-state index in [1.54, 1.807) is 6.20 Å². The summed E-state index contributed by atoms with van der Waals surface area (Å²) in [5.41, 5.74) is 2.04. The van der Waals surface area contributed by atoms with E-state index in [0.29, 0.717) is 24.2 Å². The van der Waals surface area contributed by atoms with Gasteiger partial charge in [0.1, 0.15) is 36.2 Å². The van der Waals surface area contributed by atoms with Gasteiger partial charge in [0.05, 0.1) is 19.0 Å². The number of amides is 4. The van der Waals surface area contributed by atoms with Crippen molar-refractivity contribution in [3.63, 3.8) is 0 Å². The van der Waals surface area contributed by atoms with E-state index < -0.39 is 60.3 Å². The fourth-order valence-electron chi connectivity index (χ4n) is 5.70. The lowest BCUT2D eigenvalue weighted by Crippen LogP contribution is -2.60. The van der Waals surface area contributed by atoms with E-state index in [9.17, 15) is 39.0 Å². The molecule has 0 saturated carbocycles. The largest absolute Gasteiger partial charge is 0.508 e. The Morgan fingerprint density at radius 1 is 0.880 bits per heavy atom. The monoisotopic (exact) mass is 686 g/mol. The highest BCUT2D eigenvalue weighted by molar-refractivity contribution is 6.10. The van der Waals surface area contributed by atoms with E-state index in [0.717, 1.165) is 17.3 Å². The van der Waals surface area contributed by atoms with Crippen molar-refractivity contribution < 1.29 is 39.0 Å². The summed E-state index contributed by atoms with van der Waals surface area (Å²) in [4.78, 5) is 88.5. The molecule has 0 unspecified atom stereocenters. The molecule has 5 rings (SSSR count). The van der Waals surface area contributed by atoms with Gasteiger partial charge in [-0.2, -0.15) is 0 Å². The first-order valence-electron chi connectivity index (χ1n) is 16.0. The van der Waals surface area contributed by atoms with Crippen LogP contribution in [0.15, 0.2) is 67.3 Å². The zero-order valence-electron chi connectivity index (χ0n) is 26.8. The normalized spacial score (nSPS) is 16.5. The van der Waals surface area contributed by atoms with E-state index in [4.69, 9.17) is 0 Å². The number of phenolic OH excluding ortho intramolecular Hbond substituents is 1. The number of Topliss-reactive ketones (excluding diaryl/α,β-unsaturated/α-hetero) is 1. The number of aromatic amines is 2. The third-order valence-electron chi connectivity index (χ3n) is 8.40. The van der Waals surface area contributed by atoms with E-state index >= 15 is 0 Å². The summed E-state index contributed by atoms with van der Waals surface area (Å²) in [7, 11) is 0. The number of aromatic nitrogens is 3. The smallest absolute Gasteiger partial charge is 0.245 e. The van der Waals surface area contributed by atoms with Gasteiger partial charge in [-0.1, -0.05) is 18.2 Å². The molecule has 16 nitrogen and oxygen atoms in total. The molecule has 0 radical (unpaired) electrons. The number of rotatable bonds is 16. The number of hydrogen-bond acceptors (Lipinski definition) is 10. The summed E-state index contributed by atoms with van der Waals surface area (Å²) in [5.74, 6) is -3.82. The Balaban J connectivity index is 1.34. The van der Waals surface area contributed by atoms with E-state index in [2.05, 4.69) is 41.5 Å². The van der Waals surface area contributed by atoms with Crippen LogP contribution in [-0.2, 0) is 36.8 Å². The SMILES string of the molecule is O=C[C@@H](NC(=O)[C@H](CO)NC(=O)[C@H](Cc1c[nH]c2ccccc12)NC(=O)[C@H](Cc1cnc[nH]1)NC(=O)[C@@H]1CCCN1)C(=O)c1ccc(O)cc1. The van der Waals surface area contributed by atoms with Gasteiger partial charge >= 0.3 is 0 Å². The van der Waals surface area contributed by atoms with Crippen molar-refractivity contribution >= 4 is 46.6 Å². The van der Waals surface area contributed by atoms with Gasteiger partial charge in [-0.15, -0.1) is 0 Å². The molecule has 2 aromatic heterocycles. The third kappa shape index (κ3) is 8.77. The van der Waals surface area contributed by atoms with Crippen LogP contribution in [0.2, 0.25) is 0 Å². The number of ketones is 1. The Labute approximate surface area is 285 Å². The molecular weight excluding hydrogens is 648 g/mol. The van der Waals surface area contributed by atoms with Crippen LogP contribution in [0.1, 0.15) is 34.5 Å². The van der Waals surface area contributed by atoms with Crippen molar-refractivity contribution in [2.75, 3.05) is 13.2 Å². The minimum atomic E-state index is -1.65. The first kappa shape index (κ1) is 35.4. The lowest BCUT2D eigenvalue weighted by Gasteiger charge is -2.25. The second-order valence-electron chi connectivity index (χ2n) is 11.9. The van der Waals surface area contributed by atoms with Gasteiger partial charge in [-0.3, -0.25) is 24.0 Å². The molecule has 4 amide bonds. The fourth-order valence-corrected chi connectivity index (χ4v) is 5.70. The van der Waals surface area contributed by atoms with Gasteiger partial charge in [0, 0.05) is 47.4 Å². The van der Waals surface area contributed by atoms with Gasteiger partial charge in [0.15, 0.2) is 5.78 Å². The highest BCUT2D eigenvalue weighted by Crippen LogP contribution is 2.20. The first-order valence-corrected chi connectivity index (χ1v) is 16.0. The molecule has 50 heavy (non-hydrogen) atoms. The Morgan fingerprint density at radius 3 is 2.24 bits per heavy atom.